The maximum absolute atomic E-state index is 13.1. The van der Waals surface area contributed by atoms with Gasteiger partial charge in [-0.2, -0.15) is 13.2 Å². The molecule has 2 N–H and O–H groups in total. The Morgan fingerprint density at radius 1 is 1.00 bits per heavy atom. The number of carbonyl (C=O) groups excluding carboxylic acids is 1. The molecule has 4 heterocycles. The number of urea groups is 1. The molecule has 1 spiro atoms. The van der Waals surface area contributed by atoms with Gasteiger partial charge in [0, 0.05) is 55.5 Å². The van der Waals surface area contributed by atoms with Crippen LogP contribution >= 0.6 is 0 Å². The van der Waals surface area contributed by atoms with Crippen LogP contribution in [-0.2, 0) is 0 Å². The Hall–Kier alpha value is -2.85. The number of H-pyrrole nitrogens is 1. The summed E-state index contributed by atoms with van der Waals surface area (Å²) in [6, 6.07) is 3.52. The predicted molar refractivity (Wildman–Crippen MR) is 125 cm³/mol. The molecule has 3 aliphatic carbocycles. The largest absolute Gasteiger partial charge is 0.411 e. The van der Waals surface area contributed by atoms with Crippen LogP contribution in [0.4, 0.5) is 23.8 Å². The van der Waals surface area contributed by atoms with Gasteiger partial charge in [0.2, 0.25) is 0 Å². The van der Waals surface area contributed by atoms with Gasteiger partial charge >= 0.3 is 12.2 Å². The maximum Gasteiger partial charge on any atom is 0.411 e. The fourth-order valence-electron chi connectivity index (χ4n) is 6.29. The number of carbonyl (C=O) groups is 1. The topological polar surface area (TPSA) is 90.0 Å². The Morgan fingerprint density at radius 3 is 2.25 bits per heavy atom. The van der Waals surface area contributed by atoms with Crippen LogP contribution in [0.5, 0.6) is 0 Å². The average Bonchev–Trinajstić information content (AvgIpc) is 3.36. The van der Waals surface area contributed by atoms with Crippen molar-refractivity contribution in [2.45, 2.75) is 74.4 Å². The van der Waals surface area contributed by atoms with Crippen LogP contribution in [0.15, 0.2) is 18.3 Å². The average molecular weight is 502 g/mol. The summed E-state index contributed by atoms with van der Waals surface area (Å²) in [5.74, 6) is 3.46. The monoisotopic (exact) mass is 501 g/mol. The second kappa shape index (κ2) is 7.58. The second-order valence-corrected chi connectivity index (χ2v) is 11.8. The molecule has 0 aromatic carbocycles. The summed E-state index contributed by atoms with van der Waals surface area (Å²) in [6.07, 6.45) is 3.33. The van der Waals surface area contributed by atoms with Crippen LogP contribution in [0, 0.1) is 5.41 Å². The van der Waals surface area contributed by atoms with Crippen molar-refractivity contribution < 1.29 is 18.0 Å². The van der Waals surface area contributed by atoms with Crippen LogP contribution in [0.1, 0.15) is 79.9 Å². The zero-order valence-corrected chi connectivity index (χ0v) is 20.0. The third-order valence-corrected chi connectivity index (χ3v) is 9.15. The lowest BCUT2D eigenvalue weighted by Gasteiger charge is -2.59. The number of likely N-dealkylation sites (tertiary alicyclic amines) is 2. The molecule has 7 rings (SSSR count). The van der Waals surface area contributed by atoms with E-state index in [9.17, 15) is 18.0 Å². The minimum Gasteiger partial charge on any atom is -0.356 e. The van der Waals surface area contributed by atoms with Crippen molar-refractivity contribution in [3.8, 4) is 0 Å². The molecule has 0 unspecified atom stereocenters. The van der Waals surface area contributed by atoms with E-state index in [1.165, 1.54) is 19.3 Å². The smallest absolute Gasteiger partial charge is 0.356 e. The Balaban J connectivity index is 0.866. The number of aromatic amines is 1. The standard InChI is InChI=1S/C25H30F3N7O/c26-25(27,28)24(6-7-24)31-19-5-4-16(10-29-19)18-11-34(12-18)22(36)35-13-23(14-35)8-17(9-23)21-30-20(32-33-21)15-2-1-3-15/h4-5,10,15,17-18H,1-3,6-9,11-14H2,(H,29,31)(H,30,32,33). The molecule has 2 aromatic rings. The zero-order chi connectivity index (χ0) is 24.7. The molecule has 2 saturated heterocycles. The molecular formula is C25H30F3N7O. The third-order valence-electron chi connectivity index (χ3n) is 9.15. The number of hydrogen-bond donors (Lipinski definition) is 2. The van der Waals surface area contributed by atoms with Gasteiger partial charge in [-0.25, -0.2) is 9.78 Å². The highest BCUT2D eigenvalue weighted by molar-refractivity contribution is 5.77. The Labute approximate surface area is 207 Å². The SMILES string of the molecule is O=C(N1CC(c2ccc(NC3(C(F)(F)F)CC3)nc2)C1)N1CC2(CC(c3nnc(C4CCC4)[nH]3)C2)C1. The predicted octanol–water partition coefficient (Wildman–Crippen LogP) is 4.37. The molecule has 5 aliphatic rings. The minimum atomic E-state index is -4.27. The second-order valence-electron chi connectivity index (χ2n) is 11.8. The van der Waals surface area contributed by atoms with Crippen molar-refractivity contribution >= 4 is 11.8 Å². The van der Waals surface area contributed by atoms with Gasteiger partial charge < -0.3 is 20.1 Å². The number of anilines is 1. The van der Waals surface area contributed by atoms with E-state index in [0.29, 0.717) is 24.9 Å². The zero-order valence-electron chi connectivity index (χ0n) is 20.0. The van der Waals surface area contributed by atoms with Gasteiger partial charge in [-0.1, -0.05) is 12.5 Å². The molecule has 5 fully saturated rings. The molecule has 0 bridgehead atoms. The summed E-state index contributed by atoms with van der Waals surface area (Å²) in [5, 5.41) is 11.3. The number of nitrogens with zero attached hydrogens (tertiary/aromatic N) is 5. The van der Waals surface area contributed by atoms with Gasteiger partial charge in [-0.15, -0.1) is 10.2 Å². The van der Waals surface area contributed by atoms with Crippen LogP contribution in [0.3, 0.4) is 0 Å². The first kappa shape index (κ1) is 22.4. The van der Waals surface area contributed by atoms with E-state index in [-0.39, 0.29) is 36.0 Å². The van der Waals surface area contributed by atoms with E-state index in [0.717, 1.165) is 43.1 Å². The maximum atomic E-state index is 13.1. The number of rotatable bonds is 5. The first-order valence-electron chi connectivity index (χ1n) is 13.0. The lowest BCUT2D eigenvalue weighted by molar-refractivity contribution is -0.151. The molecular weight excluding hydrogens is 471 g/mol. The number of aromatic nitrogens is 4. The molecule has 11 heteroatoms. The Bertz CT molecular complexity index is 1150. The van der Waals surface area contributed by atoms with E-state index in [1.807, 2.05) is 15.9 Å². The third kappa shape index (κ3) is 3.56. The number of pyridine rings is 1. The number of nitrogens with one attached hydrogen (secondary N) is 2. The molecule has 3 saturated carbocycles. The van der Waals surface area contributed by atoms with Crippen molar-refractivity contribution in [3.63, 3.8) is 0 Å². The summed E-state index contributed by atoms with van der Waals surface area (Å²) < 4.78 is 39.4. The van der Waals surface area contributed by atoms with E-state index in [2.05, 4.69) is 25.5 Å². The molecule has 0 atom stereocenters. The molecule has 36 heavy (non-hydrogen) atoms. The summed E-state index contributed by atoms with van der Waals surface area (Å²) in [7, 11) is 0. The van der Waals surface area contributed by atoms with E-state index in [4.69, 9.17) is 0 Å². The highest BCUT2D eigenvalue weighted by Crippen LogP contribution is 2.56. The van der Waals surface area contributed by atoms with Crippen molar-refractivity contribution in [1.29, 1.82) is 0 Å². The van der Waals surface area contributed by atoms with E-state index < -0.39 is 11.7 Å². The van der Waals surface area contributed by atoms with E-state index in [1.54, 1.807) is 12.3 Å². The van der Waals surface area contributed by atoms with Gasteiger partial charge in [-0.3, -0.25) is 0 Å². The van der Waals surface area contributed by atoms with Crippen molar-refractivity contribution in [3.05, 3.63) is 35.5 Å². The van der Waals surface area contributed by atoms with Crippen LogP contribution in [-0.4, -0.2) is 73.9 Å². The Morgan fingerprint density at radius 2 is 1.69 bits per heavy atom. The number of alkyl halides is 3. The van der Waals surface area contributed by atoms with Gasteiger partial charge in [0.05, 0.1) is 0 Å². The molecule has 192 valence electrons. The molecule has 2 aromatic heterocycles. The molecule has 8 nitrogen and oxygen atoms in total. The number of halogens is 3. The molecule has 2 amide bonds. The number of hydrogen-bond acceptors (Lipinski definition) is 5. The van der Waals surface area contributed by atoms with E-state index >= 15 is 0 Å². The fourth-order valence-corrected chi connectivity index (χ4v) is 6.29. The van der Waals surface area contributed by atoms with Crippen LogP contribution < -0.4 is 5.32 Å². The summed E-state index contributed by atoms with van der Waals surface area (Å²) in [6.45, 7) is 2.84. The first-order valence-corrected chi connectivity index (χ1v) is 13.0. The van der Waals surface area contributed by atoms with Crippen molar-refractivity contribution in [2.75, 3.05) is 31.5 Å². The van der Waals surface area contributed by atoms with Crippen molar-refractivity contribution in [1.82, 2.24) is 30.0 Å². The summed E-state index contributed by atoms with van der Waals surface area (Å²) in [5.41, 5.74) is -0.628. The minimum absolute atomic E-state index is 0.0827. The lowest BCUT2D eigenvalue weighted by atomic mass is 9.57. The van der Waals surface area contributed by atoms with Gasteiger partial charge in [0.25, 0.3) is 0 Å². The van der Waals surface area contributed by atoms with Crippen LogP contribution in [0.25, 0.3) is 0 Å². The highest BCUT2D eigenvalue weighted by Gasteiger charge is 2.63. The first-order chi connectivity index (χ1) is 17.2. The summed E-state index contributed by atoms with van der Waals surface area (Å²) in [4.78, 5) is 24.3. The van der Waals surface area contributed by atoms with Gasteiger partial charge in [-0.05, 0) is 50.2 Å². The molecule has 0 radical (unpaired) electrons. The number of amides is 2. The van der Waals surface area contributed by atoms with Crippen LogP contribution in [0.2, 0.25) is 0 Å². The normalized spacial score (nSPS) is 25.1. The lowest BCUT2D eigenvalue weighted by Crippen LogP contribution is -2.67. The van der Waals surface area contributed by atoms with Gasteiger partial charge in [0.15, 0.2) is 0 Å². The summed E-state index contributed by atoms with van der Waals surface area (Å²) >= 11 is 0. The fraction of sp³-hybridized carbons (Fsp3) is 0.680. The van der Waals surface area contributed by atoms with Crippen molar-refractivity contribution in [2.24, 2.45) is 5.41 Å². The highest BCUT2D eigenvalue weighted by atomic mass is 19.4. The quantitative estimate of drug-likeness (QED) is 0.635. The van der Waals surface area contributed by atoms with Gasteiger partial charge in [0.1, 0.15) is 23.0 Å². The Kier molecular flexibility index (Phi) is 4.71. The molecule has 2 aliphatic heterocycles.